The van der Waals surface area contributed by atoms with E-state index in [2.05, 4.69) is 24.6 Å². The van der Waals surface area contributed by atoms with Gasteiger partial charge in [0.2, 0.25) is 0 Å². The van der Waals surface area contributed by atoms with Crippen molar-refractivity contribution in [2.24, 2.45) is 0 Å². The molecule has 0 aliphatic heterocycles. The van der Waals surface area contributed by atoms with Gasteiger partial charge >= 0.3 is 0 Å². The van der Waals surface area contributed by atoms with Crippen LogP contribution in [-0.2, 0) is 0 Å². The summed E-state index contributed by atoms with van der Waals surface area (Å²) in [5.74, 6) is 0. The van der Waals surface area contributed by atoms with Gasteiger partial charge in [-0.05, 0) is 17.6 Å². The third kappa shape index (κ3) is 2.64. The van der Waals surface area contributed by atoms with Gasteiger partial charge in [0, 0.05) is 15.9 Å². The van der Waals surface area contributed by atoms with Gasteiger partial charge in [0.15, 0.2) is 0 Å². The number of rotatable bonds is 2. The van der Waals surface area contributed by atoms with Gasteiger partial charge in [-0.1, -0.05) is 56.0 Å². The molecular weight excluding hydrogens is 222 g/mol. The molecule has 2 heteroatoms. The van der Waals surface area contributed by atoms with E-state index in [0.29, 0.717) is 11.3 Å². The number of aromatic nitrogens is 1. The summed E-state index contributed by atoms with van der Waals surface area (Å²) in [6, 6.07) is 11.3. The van der Waals surface area contributed by atoms with Crippen LogP contribution in [0.3, 0.4) is 0 Å². The lowest BCUT2D eigenvalue weighted by atomic mass is 10.1. The van der Waals surface area contributed by atoms with Gasteiger partial charge in [-0.3, -0.25) is 4.98 Å². The summed E-state index contributed by atoms with van der Waals surface area (Å²) in [4.78, 5) is 4.46. The fourth-order valence-corrected chi connectivity index (χ4v) is 2.73. The van der Waals surface area contributed by atoms with Crippen LogP contribution in [0.4, 0.5) is 0 Å². The van der Waals surface area contributed by atoms with Crippen molar-refractivity contribution in [1.29, 1.82) is 0 Å². The zero-order valence-corrected chi connectivity index (χ0v) is 11.5. The molecule has 0 aliphatic carbocycles. The van der Waals surface area contributed by atoms with E-state index in [1.165, 1.54) is 0 Å². The number of aryl methyl sites for hydroxylation is 1. The average molecular weight is 244 g/mol. The Balaban J connectivity index is 2.65. The molecule has 0 saturated carbocycles. The van der Waals surface area contributed by atoms with Gasteiger partial charge < -0.3 is 0 Å². The molecule has 0 fully saturated rings. The van der Waals surface area contributed by atoms with Crippen molar-refractivity contribution in [2.45, 2.75) is 26.5 Å². The minimum absolute atomic E-state index is 0.351. The first-order valence-electron chi connectivity index (χ1n) is 7.26. The topological polar surface area (TPSA) is 12.9 Å². The molecule has 1 aromatic carbocycles. The first kappa shape index (κ1) is 8.64. The Morgan fingerprint density at radius 1 is 1.12 bits per heavy atom. The van der Waals surface area contributed by atoms with E-state index in [-0.39, 0.29) is 0 Å². The van der Waals surface area contributed by atoms with Gasteiger partial charge in [-0.25, -0.2) is 0 Å². The van der Waals surface area contributed by atoms with Gasteiger partial charge in [0.25, 0.3) is 0 Å². The van der Waals surface area contributed by atoms with Crippen LogP contribution in [0, 0.1) is 6.85 Å². The Morgan fingerprint density at radius 3 is 2.41 bits per heavy atom. The Labute approximate surface area is 109 Å². The Hall–Kier alpha value is -1.41. The summed E-state index contributed by atoms with van der Waals surface area (Å²) in [5.41, 5.74) is 1.76. The minimum atomic E-state index is -2.15. The fraction of sp³-hybridized carbons (Fsp3) is 0.267. The Bertz CT molecular complexity index is 601. The second-order valence-electron chi connectivity index (χ2n) is 5.24. The number of hydrogen-bond acceptors (Lipinski definition) is 1. The Kier molecular flexibility index (Phi) is 2.27. The number of benzene rings is 1. The molecule has 0 spiro atoms. The van der Waals surface area contributed by atoms with Gasteiger partial charge in [-0.2, -0.15) is 0 Å². The highest BCUT2D eigenvalue weighted by Gasteiger charge is 2.17. The van der Waals surface area contributed by atoms with Crippen molar-refractivity contribution in [1.82, 2.24) is 4.98 Å². The largest absolute Gasteiger partial charge is 0.256 e. The molecule has 0 saturated heterocycles. The molecule has 1 heterocycles. The predicted octanol–water partition coefficient (Wildman–Crippen LogP) is 3.60. The molecule has 0 atom stereocenters. The normalized spacial score (nSPS) is 14.9. The van der Waals surface area contributed by atoms with E-state index in [9.17, 15) is 0 Å². The van der Waals surface area contributed by atoms with Crippen LogP contribution >= 0.6 is 0 Å². The van der Waals surface area contributed by atoms with Crippen LogP contribution in [0.5, 0.6) is 0 Å². The van der Waals surface area contributed by atoms with Crippen molar-refractivity contribution in [3.63, 3.8) is 0 Å². The zero-order chi connectivity index (χ0) is 15.0. The molecule has 0 aliphatic rings. The van der Waals surface area contributed by atoms with Crippen LogP contribution < -0.4 is 5.19 Å². The summed E-state index contributed by atoms with van der Waals surface area (Å²) >= 11 is 0. The molecule has 1 nitrogen and oxygen atoms in total. The highest BCUT2D eigenvalue weighted by atomic mass is 28.3. The maximum Gasteiger partial charge on any atom is 0.0796 e. The highest BCUT2D eigenvalue weighted by Crippen LogP contribution is 2.19. The summed E-state index contributed by atoms with van der Waals surface area (Å²) in [7, 11) is -1.58. The molecule has 88 valence electrons. The van der Waals surface area contributed by atoms with Gasteiger partial charge in [-0.15, -0.1) is 0 Å². The highest BCUT2D eigenvalue weighted by molar-refractivity contribution is 6.88. The van der Waals surface area contributed by atoms with Crippen molar-refractivity contribution < 1.29 is 4.11 Å². The lowest BCUT2D eigenvalue weighted by molar-refractivity contribution is 1.28. The second-order valence-corrected chi connectivity index (χ2v) is 10.3. The van der Waals surface area contributed by atoms with Crippen LogP contribution in [-0.4, -0.2) is 13.1 Å². The molecule has 17 heavy (non-hydrogen) atoms. The summed E-state index contributed by atoms with van der Waals surface area (Å²) in [6.07, 6.45) is 1.84. The maximum atomic E-state index is 7.77. The molecule has 1 aromatic heterocycles. The molecule has 0 amide bonds. The predicted molar refractivity (Wildman–Crippen MR) is 77.4 cm³/mol. The standard InChI is InChI=1S/C15H19NSi/c1-12-10-14(17(2,3)4)11-16-15(12)13-8-6-5-7-9-13/h5-11H,1-4H3/i1D3. The van der Waals surface area contributed by atoms with Crippen molar-refractivity contribution in [3.8, 4) is 11.3 Å². The Morgan fingerprint density at radius 2 is 1.82 bits per heavy atom. The first-order chi connectivity index (χ1) is 9.19. The molecule has 0 unspecified atom stereocenters. The molecule has 2 rings (SSSR count). The summed E-state index contributed by atoms with van der Waals surface area (Å²) in [5, 5.41) is 1.07. The number of pyridine rings is 1. The lowest BCUT2D eigenvalue weighted by Gasteiger charge is -2.17. The van der Waals surface area contributed by atoms with E-state index >= 15 is 0 Å². The fourth-order valence-electron chi connectivity index (χ4n) is 1.70. The van der Waals surface area contributed by atoms with E-state index in [1.807, 2.05) is 42.6 Å². The smallest absolute Gasteiger partial charge is 0.0796 e. The second kappa shape index (κ2) is 4.45. The van der Waals surface area contributed by atoms with Gasteiger partial charge in [0.1, 0.15) is 0 Å². The molecule has 0 N–H and O–H groups in total. The molecule has 0 radical (unpaired) electrons. The minimum Gasteiger partial charge on any atom is -0.256 e. The monoisotopic (exact) mass is 244 g/mol. The van der Waals surface area contributed by atoms with Crippen molar-refractivity contribution >= 4 is 13.3 Å². The summed E-state index contributed by atoms with van der Waals surface area (Å²) in [6.45, 7) is 4.42. The van der Waals surface area contributed by atoms with Crippen LogP contribution in [0.1, 0.15) is 9.68 Å². The number of nitrogens with zero attached hydrogens (tertiary/aromatic N) is 1. The van der Waals surface area contributed by atoms with Crippen LogP contribution in [0.25, 0.3) is 11.3 Å². The van der Waals surface area contributed by atoms with Crippen molar-refractivity contribution in [2.75, 3.05) is 0 Å². The van der Waals surface area contributed by atoms with Gasteiger partial charge in [0.05, 0.1) is 13.8 Å². The van der Waals surface area contributed by atoms with E-state index in [1.54, 1.807) is 0 Å². The lowest BCUT2D eigenvalue weighted by Crippen LogP contribution is -2.38. The first-order valence-corrected chi connectivity index (χ1v) is 9.26. The molecule has 0 bridgehead atoms. The quantitative estimate of drug-likeness (QED) is 0.736. The van der Waals surface area contributed by atoms with E-state index in [4.69, 9.17) is 4.11 Å². The zero-order valence-electron chi connectivity index (χ0n) is 13.5. The average Bonchev–Trinajstić information content (AvgIpc) is 2.37. The van der Waals surface area contributed by atoms with Crippen LogP contribution in [0.15, 0.2) is 42.6 Å². The van der Waals surface area contributed by atoms with E-state index in [0.717, 1.165) is 10.8 Å². The third-order valence-electron chi connectivity index (χ3n) is 2.80. The van der Waals surface area contributed by atoms with E-state index < -0.39 is 14.9 Å². The van der Waals surface area contributed by atoms with Crippen LogP contribution in [0.2, 0.25) is 19.6 Å². The SMILES string of the molecule is [2H]C([2H])([2H])c1cc([Si](C)(C)C)cnc1-c1ccccc1. The summed E-state index contributed by atoms with van der Waals surface area (Å²) < 4.78 is 23.3. The molecular formula is C15H19NSi. The molecule has 2 aromatic rings. The maximum absolute atomic E-state index is 7.77. The third-order valence-corrected chi connectivity index (χ3v) is 4.81. The number of hydrogen-bond donors (Lipinski definition) is 0. The van der Waals surface area contributed by atoms with Crippen molar-refractivity contribution in [3.05, 3.63) is 48.2 Å².